The maximum atomic E-state index is 5.87. The minimum Gasteiger partial charge on any atom is -0.436 e. The van der Waals surface area contributed by atoms with Gasteiger partial charge in [-0.2, -0.15) is 0 Å². The molecule has 1 radical (unpaired) electrons. The first-order valence-corrected chi connectivity index (χ1v) is 6.27. The van der Waals surface area contributed by atoms with Crippen molar-refractivity contribution in [3.05, 3.63) is 59.5 Å². The predicted molar refractivity (Wildman–Crippen MR) is 77.0 cm³/mol. The summed E-state index contributed by atoms with van der Waals surface area (Å²) in [6.45, 7) is 4.06. The van der Waals surface area contributed by atoms with E-state index >= 15 is 0 Å². The quantitative estimate of drug-likeness (QED) is 0.467. The zero-order valence-corrected chi connectivity index (χ0v) is 11.5. The number of ether oxygens (including phenoxy) is 1. The molecule has 0 atom stereocenters. The van der Waals surface area contributed by atoms with Crippen LogP contribution in [-0.2, 0) is 4.84 Å². The highest BCUT2D eigenvalue weighted by molar-refractivity contribution is 5.97. The molecular formula is C16H18NO2. The Labute approximate surface area is 114 Å². The zero-order valence-electron chi connectivity index (χ0n) is 11.5. The number of benzene rings is 1. The molecule has 0 spiro atoms. The monoisotopic (exact) mass is 256 g/mol. The van der Waals surface area contributed by atoms with E-state index in [1.54, 1.807) is 0 Å². The molecule has 1 aromatic rings. The van der Waals surface area contributed by atoms with Crippen molar-refractivity contribution >= 4 is 5.90 Å². The van der Waals surface area contributed by atoms with Gasteiger partial charge >= 0.3 is 0 Å². The Morgan fingerprint density at radius 1 is 1.21 bits per heavy atom. The van der Waals surface area contributed by atoms with E-state index in [1.807, 2.05) is 37.3 Å². The summed E-state index contributed by atoms with van der Waals surface area (Å²) in [5, 5.41) is 3.99. The van der Waals surface area contributed by atoms with E-state index in [4.69, 9.17) is 9.57 Å². The number of nitrogens with zero attached hydrogens (tertiary/aromatic N) is 1. The van der Waals surface area contributed by atoms with Crippen molar-refractivity contribution in [1.82, 2.24) is 0 Å². The molecule has 0 aliphatic heterocycles. The van der Waals surface area contributed by atoms with Crippen LogP contribution in [0, 0.1) is 13.3 Å². The van der Waals surface area contributed by atoms with Gasteiger partial charge in [0.05, 0.1) is 0 Å². The van der Waals surface area contributed by atoms with Crippen molar-refractivity contribution < 1.29 is 9.57 Å². The molecule has 0 bridgehead atoms. The second-order valence-electron chi connectivity index (χ2n) is 4.43. The normalized spacial score (nSPS) is 15.6. The SMILES string of the molecule is CO/N=C(/Oc1ccccc1C)C1=CC(C)=CC[CH]1. The second kappa shape index (κ2) is 6.23. The van der Waals surface area contributed by atoms with Crippen LogP contribution in [0.25, 0.3) is 0 Å². The first-order chi connectivity index (χ1) is 9.20. The second-order valence-corrected chi connectivity index (χ2v) is 4.43. The Bertz CT molecular complexity index is 541. The first-order valence-electron chi connectivity index (χ1n) is 6.27. The third-order valence-electron chi connectivity index (χ3n) is 2.88. The van der Waals surface area contributed by atoms with Crippen molar-refractivity contribution in [2.45, 2.75) is 20.3 Å². The number of aryl methyl sites for hydroxylation is 1. The number of oxime groups is 1. The minimum absolute atomic E-state index is 0.490. The molecule has 0 heterocycles. The smallest absolute Gasteiger partial charge is 0.259 e. The van der Waals surface area contributed by atoms with E-state index in [0.29, 0.717) is 5.90 Å². The third kappa shape index (κ3) is 3.47. The lowest BCUT2D eigenvalue weighted by Gasteiger charge is -2.15. The van der Waals surface area contributed by atoms with Crippen LogP contribution in [0.15, 0.2) is 52.7 Å². The number of allylic oxidation sites excluding steroid dienone is 3. The fourth-order valence-electron chi connectivity index (χ4n) is 1.87. The van der Waals surface area contributed by atoms with Crippen LogP contribution in [-0.4, -0.2) is 13.0 Å². The highest BCUT2D eigenvalue weighted by Gasteiger charge is 2.14. The van der Waals surface area contributed by atoms with Crippen molar-refractivity contribution in [2.75, 3.05) is 7.11 Å². The summed E-state index contributed by atoms with van der Waals surface area (Å²) in [7, 11) is 1.52. The van der Waals surface area contributed by atoms with Crippen molar-refractivity contribution in [1.29, 1.82) is 0 Å². The molecule has 0 unspecified atom stereocenters. The van der Waals surface area contributed by atoms with Crippen LogP contribution in [0.3, 0.4) is 0 Å². The first kappa shape index (κ1) is 13.4. The van der Waals surface area contributed by atoms with E-state index in [0.717, 1.165) is 23.3 Å². The van der Waals surface area contributed by atoms with Gasteiger partial charge in [0, 0.05) is 12.0 Å². The maximum Gasteiger partial charge on any atom is 0.259 e. The predicted octanol–water partition coefficient (Wildman–Crippen LogP) is 3.81. The van der Waals surface area contributed by atoms with Crippen LogP contribution in [0.4, 0.5) is 0 Å². The Morgan fingerprint density at radius 3 is 2.68 bits per heavy atom. The standard InChI is InChI=1S/C16H18NO2/c1-12-7-6-9-14(11-12)16(17-18-3)19-15-10-5-4-8-13(15)2/h4-5,7-11H,6H2,1-3H3/b17-16+. The molecular weight excluding hydrogens is 238 g/mol. The molecule has 0 aromatic heterocycles. The van der Waals surface area contributed by atoms with Crippen molar-refractivity contribution in [2.24, 2.45) is 5.16 Å². The molecule has 3 nitrogen and oxygen atoms in total. The van der Waals surface area contributed by atoms with Gasteiger partial charge in [-0.3, -0.25) is 0 Å². The molecule has 19 heavy (non-hydrogen) atoms. The van der Waals surface area contributed by atoms with Gasteiger partial charge < -0.3 is 9.57 Å². The van der Waals surface area contributed by atoms with E-state index in [2.05, 4.69) is 24.6 Å². The molecule has 0 fully saturated rings. The lowest BCUT2D eigenvalue weighted by atomic mass is 10.0. The molecule has 1 aliphatic carbocycles. The summed E-state index contributed by atoms with van der Waals surface area (Å²) in [6, 6.07) is 7.85. The molecule has 0 N–H and O–H groups in total. The zero-order chi connectivity index (χ0) is 13.7. The average Bonchev–Trinajstić information content (AvgIpc) is 2.40. The summed E-state index contributed by atoms with van der Waals surface area (Å²) in [4.78, 5) is 4.89. The van der Waals surface area contributed by atoms with Crippen molar-refractivity contribution in [3.63, 3.8) is 0 Å². The largest absolute Gasteiger partial charge is 0.436 e. The van der Waals surface area contributed by atoms with Crippen LogP contribution in [0.5, 0.6) is 5.75 Å². The molecule has 1 aliphatic rings. The fourth-order valence-corrected chi connectivity index (χ4v) is 1.87. The topological polar surface area (TPSA) is 30.8 Å². The fraction of sp³-hybridized carbons (Fsp3) is 0.250. The van der Waals surface area contributed by atoms with Crippen LogP contribution in [0.2, 0.25) is 0 Å². The summed E-state index contributed by atoms with van der Waals surface area (Å²) >= 11 is 0. The van der Waals surface area contributed by atoms with Crippen LogP contribution in [0.1, 0.15) is 18.9 Å². The number of rotatable bonds is 3. The Hall–Kier alpha value is -2.03. The molecule has 0 saturated heterocycles. The Balaban J connectivity index is 2.25. The van der Waals surface area contributed by atoms with Gasteiger partial charge in [-0.1, -0.05) is 35.9 Å². The van der Waals surface area contributed by atoms with Crippen molar-refractivity contribution in [3.8, 4) is 5.75 Å². The van der Waals surface area contributed by atoms with E-state index in [9.17, 15) is 0 Å². The van der Waals surface area contributed by atoms with Gasteiger partial charge in [-0.15, -0.1) is 0 Å². The average molecular weight is 256 g/mol. The minimum atomic E-state index is 0.490. The van der Waals surface area contributed by atoms with Gasteiger partial charge in [-0.25, -0.2) is 0 Å². The van der Waals surface area contributed by atoms with E-state index < -0.39 is 0 Å². The molecule has 0 saturated carbocycles. The van der Waals surface area contributed by atoms with Gasteiger partial charge in [-0.05, 0) is 37.1 Å². The third-order valence-corrected chi connectivity index (χ3v) is 2.88. The Kier molecular flexibility index (Phi) is 4.39. The van der Waals surface area contributed by atoms with Gasteiger partial charge in [0.2, 0.25) is 0 Å². The lowest BCUT2D eigenvalue weighted by Crippen LogP contribution is -2.15. The number of para-hydroxylation sites is 1. The van der Waals surface area contributed by atoms with Gasteiger partial charge in [0.15, 0.2) is 0 Å². The summed E-state index contributed by atoms with van der Waals surface area (Å²) in [6.07, 6.45) is 7.15. The number of hydrogen-bond acceptors (Lipinski definition) is 3. The molecule has 99 valence electrons. The lowest BCUT2D eigenvalue weighted by molar-refractivity contribution is 0.205. The number of hydrogen-bond donors (Lipinski definition) is 0. The Morgan fingerprint density at radius 2 is 2.00 bits per heavy atom. The summed E-state index contributed by atoms with van der Waals surface area (Å²) in [5.41, 5.74) is 3.22. The van der Waals surface area contributed by atoms with E-state index in [-0.39, 0.29) is 0 Å². The highest BCUT2D eigenvalue weighted by atomic mass is 16.6. The summed E-state index contributed by atoms with van der Waals surface area (Å²) < 4.78 is 5.87. The van der Waals surface area contributed by atoms with Gasteiger partial charge in [0.25, 0.3) is 5.90 Å². The van der Waals surface area contributed by atoms with Gasteiger partial charge in [0.1, 0.15) is 12.9 Å². The van der Waals surface area contributed by atoms with E-state index in [1.165, 1.54) is 12.7 Å². The molecule has 2 rings (SSSR count). The molecule has 1 aromatic carbocycles. The highest BCUT2D eigenvalue weighted by Crippen LogP contribution is 2.22. The van der Waals surface area contributed by atoms with Crippen LogP contribution < -0.4 is 4.74 Å². The summed E-state index contributed by atoms with van der Waals surface area (Å²) in [5.74, 6) is 1.28. The maximum absolute atomic E-state index is 5.87. The molecule has 3 heteroatoms. The van der Waals surface area contributed by atoms with Crippen LogP contribution >= 0.6 is 0 Å². The molecule has 0 amide bonds.